The molecule has 0 amide bonds. The van der Waals surface area contributed by atoms with Crippen LogP contribution >= 0.6 is 7.82 Å². The molecule has 0 saturated heterocycles. The van der Waals surface area contributed by atoms with Gasteiger partial charge in [0.1, 0.15) is 0 Å². The van der Waals surface area contributed by atoms with E-state index < -0.39 is 18.2 Å². The quantitative estimate of drug-likeness (QED) is 0.198. The Morgan fingerprint density at radius 2 is 1.19 bits per heavy atom. The molecule has 0 aliphatic rings. The Morgan fingerprint density at radius 1 is 0.889 bits per heavy atom. The van der Waals surface area contributed by atoms with E-state index in [0.29, 0.717) is 25.0 Å². The Hall–Kier alpha value is 0.746. The number of unbranched alkanes of at least 4 members (excludes halogenated alkanes) is 2. The molecule has 0 rings (SSSR count). The third-order valence-electron chi connectivity index (χ3n) is 4.03. The molecular weight excluding hydrogens is 408 g/mol. The zero-order valence-corrected chi connectivity index (χ0v) is 20.3. The predicted molar refractivity (Wildman–Crippen MR) is 110 cm³/mol. The van der Waals surface area contributed by atoms with Gasteiger partial charge in [0.25, 0.3) is 0 Å². The zero-order valence-electron chi connectivity index (χ0n) is 19.2. The van der Waals surface area contributed by atoms with Crippen LogP contribution in [0.1, 0.15) is 81.9 Å². The van der Waals surface area contributed by atoms with Gasteiger partial charge in [0, 0.05) is 0 Å². The minimum absolute atomic E-state index is 0. The van der Waals surface area contributed by atoms with Gasteiger partial charge in [0.05, 0.1) is 13.2 Å². The first-order valence-corrected chi connectivity index (χ1v) is 12.2. The molecule has 2 unspecified atom stereocenters. The van der Waals surface area contributed by atoms with Crippen LogP contribution in [0.5, 0.6) is 0 Å². The van der Waals surface area contributed by atoms with Gasteiger partial charge in [0.15, 0.2) is 0 Å². The first-order chi connectivity index (χ1) is 12.0. The normalized spacial score (nSPS) is 15.7. The monoisotopic (exact) mass is 446 g/mol. The SMILES string of the molecule is CCCCC(CC)COP(=O)(O)OCC(CC)CCCC.O=S(=O)(O)O.[H-].[H-].[Mg+2]. The van der Waals surface area contributed by atoms with Crippen molar-refractivity contribution in [1.29, 1.82) is 0 Å². The molecule has 0 aromatic carbocycles. The second-order valence-corrected chi connectivity index (χ2v) is 8.69. The number of phosphoric acid groups is 1. The third-order valence-corrected chi connectivity index (χ3v) is 4.98. The molecule has 0 aromatic heterocycles. The molecule has 3 N–H and O–H groups in total. The van der Waals surface area contributed by atoms with E-state index in [4.69, 9.17) is 26.6 Å². The molecule has 11 heteroatoms. The summed E-state index contributed by atoms with van der Waals surface area (Å²) in [4.78, 5) is 9.77. The molecule has 0 aliphatic carbocycles. The van der Waals surface area contributed by atoms with Crippen LogP contribution in [0, 0.1) is 11.8 Å². The van der Waals surface area contributed by atoms with Gasteiger partial charge in [-0.05, 0) is 24.7 Å². The van der Waals surface area contributed by atoms with Crippen molar-refractivity contribution in [2.45, 2.75) is 79.1 Å². The van der Waals surface area contributed by atoms with E-state index in [1.54, 1.807) is 0 Å². The fraction of sp³-hybridized carbons (Fsp3) is 1.00. The maximum atomic E-state index is 11.9. The van der Waals surface area contributed by atoms with Crippen molar-refractivity contribution in [3.8, 4) is 0 Å². The number of rotatable bonds is 14. The minimum atomic E-state index is -4.67. The molecule has 0 heterocycles. The standard InChI is InChI=1S/C16H35O4P.Mg.H2O4S.2H/c1-5-9-11-15(7-3)13-19-21(17,18)20-14-16(8-4)12-10-6-2;;1-5(2,3)4;;/h15-16H,5-14H2,1-4H3,(H,17,18);;(H2,1,2,3,4);;/q;+2;;2*-1. The van der Waals surface area contributed by atoms with Crippen LogP contribution < -0.4 is 0 Å². The zero-order chi connectivity index (χ0) is 20.6. The summed E-state index contributed by atoms with van der Waals surface area (Å²) >= 11 is 0. The molecule has 0 bridgehead atoms. The molecule has 0 radical (unpaired) electrons. The molecule has 0 aromatic rings. The summed E-state index contributed by atoms with van der Waals surface area (Å²) in [6, 6.07) is 0. The van der Waals surface area contributed by atoms with Crippen LogP contribution in [0.15, 0.2) is 0 Å². The largest absolute Gasteiger partial charge is 2.00 e. The average molecular weight is 447 g/mol. The average Bonchev–Trinajstić information content (AvgIpc) is 2.53. The Balaban J connectivity index is -0.000000213. The van der Waals surface area contributed by atoms with Crippen LogP contribution in [0.2, 0.25) is 0 Å². The molecule has 0 spiro atoms. The minimum Gasteiger partial charge on any atom is -1.00 e. The maximum Gasteiger partial charge on any atom is 2.00 e. The second-order valence-electron chi connectivity index (χ2n) is 6.34. The summed E-state index contributed by atoms with van der Waals surface area (Å²) in [6.45, 7) is 9.10. The van der Waals surface area contributed by atoms with Crippen molar-refractivity contribution in [1.82, 2.24) is 0 Å². The Bertz CT molecular complexity index is 454. The first kappa shape index (κ1) is 32.4. The van der Waals surface area contributed by atoms with Crippen LogP contribution in [-0.4, -0.2) is 58.7 Å². The molecule has 8 nitrogen and oxygen atoms in total. The van der Waals surface area contributed by atoms with Crippen molar-refractivity contribution in [2.75, 3.05) is 13.2 Å². The molecule has 2 atom stereocenters. The van der Waals surface area contributed by atoms with Gasteiger partial charge in [-0.3, -0.25) is 18.2 Å². The van der Waals surface area contributed by atoms with Crippen molar-refractivity contribution in [2.24, 2.45) is 11.8 Å². The Labute approximate surface area is 184 Å². The number of phosphoric ester groups is 1. The van der Waals surface area contributed by atoms with Gasteiger partial charge in [-0.15, -0.1) is 0 Å². The maximum absolute atomic E-state index is 11.9. The van der Waals surface area contributed by atoms with Gasteiger partial charge >= 0.3 is 41.3 Å². The molecule has 0 aliphatic heterocycles. The topological polar surface area (TPSA) is 130 Å². The van der Waals surface area contributed by atoms with Crippen molar-refractivity contribution >= 4 is 41.3 Å². The van der Waals surface area contributed by atoms with E-state index in [1.807, 2.05) is 0 Å². The Morgan fingerprint density at radius 3 is 1.41 bits per heavy atom. The smallest absolute Gasteiger partial charge is 1.00 e. The second kappa shape index (κ2) is 18.8. The molecule has 27 heavy (non-hydrogen) atoms. The fourth-order valence-electron chi connectivity index (χ4n) is 2.23. The summed E-state index contributed by atoms with van der Waals surface area (Å²) < 4.78 is 53.8. The molecular formula is C16H39MgO8PS. The van der Waals surface area contributed by atoms with Gasteiger partial charge in [-0.1, -0.05) is 66.2 Å². The van der Waals surface area contributed by atoms with E-state index in [2.05, 4.69) is 27.7 Å². The molecule has 0 saturated carbocycles. The summed E-state index contributed by atoms with van der Waals surface area (Å²) in [5, 5.41) is 0. The van der Waals surface area contributed by atoms with Crippen LogP contribution in [0.25, 0.3) is 0 Å². The van der Waals surface area contributed by atoms with Crippen molar-refractivity contribution in [3.05, 3.63) is 0 Å². The van der Waals surface area contributed by atoms with E-state index in [1.165, 1.54) is 0 Å². The summed E-state index contributed by atoms with van der Waals surface area (Å²) in [5.41, 5.74) is 0. The van der Waals surface area contributed by atoms with E-state index in [0.717, 1.165) is 51.4 Å². The van der Waals surface area contributed by atoms with Crippen molar-refractivity contribution in [3.63, 3.8) is 0 Å². The third kappa shape index (κ3) is 26.7. The van der Waals surface area contributed by atoms with Crippen LogP contribution in [0.3, 0.4) is 0 Å². The van der Waals surface area contributed by atoms with E-state index in [-0.39, 0.29) is 25.9 Å². The van der Waals surface area contributed by atoms with Crippen LogP contribution in [0.4, 0.5) is 0 Å². The van der Waals surface area contributed by atoms with Crippen LogP contribution in [-0.2, 0) is 24.0 Å². The van der Waals surface area contributed by atoms with Gasteiger partial charge in [-0.2, -0.15) is 8.42 Å². The van der Waals surface area contributed by atoms with Gasteiger partial charge in [-0.25, -0.2) is 4.57 Å². The van der Waals surface area contributed by atoms with Gasteiger partial charge < -0.3 is 7.75 Å². The molecule has 0 fully saturated rings. The predicted octanol–water partition coefficient (Wildman–Crippen LogP) is 4.74. The number of hydrogen-bond acceptors (Lipinski definition) is 5. The van der Waals surface area contributed by atoms with E-state index in [9.17, 15) is 9.46 Å². The van der Waals surface area contributed by atoms with E-state index >= 15 is 0 Å². The first-order valence-electron chi connectivity index (χ1n) is 9.30. The summed E-state index contributed by atoms with van der Waals surface area (Å²) in [6.07, 6.45) is 8.56. The summed E-state index contributed by atoms with van der Waals surface area (Å²) in [5.74, 6) is 0.687. The Kier molecular flexibility index (Phi) is 22.5. The van der Waals surface area contributed by atoms with Gasteiger partial charge in [0.2, 0.25) is 0 Å². The fourth-order valence-corrected chi connectivity index (χ4v) is 3.11. The summed E-state index contributed by atoms with van der Waals surface area (Å²) in [7, 11) is -8.56. The number of hydrogen-bond donors (Lipinski definition) is 3. The van der Waals surface area contributed by atoms with Crippen molar-refractivity contribution < 1.29 is 38.9 Å². The molecule has 164 valence electrons.